The number of halogens is 3. The number of benzene rings is 2. The highest BCUT2D eigenvalue weighted by atomic mass is 32.1. The molecule has 0 amide bonds. The molecule has 1 aliphatic heterocycles. The molecule has 4 rings (SSSR count). The first-order chi connectivity index (χ1) is 17.5. The zero-order chi connectivity index (χ0) is 26.8. The highest BCUT2D eigenvalue weighted by Crippen LogP contribution is 2.34. The third kappa shape index (κ3) is 6.51. The maximum Gasteiger partial charge on any atom is 0.416 e. The lowest BCUT2D eigenvalue weighted by atomic mass is 10.0. The minimum Gasteiger partial charge on any atom is -0.476 e. The van der Waals surface area contributed by atoms with E-state index in [0.717, 1.165) is 60.2 Å². The van der Waals surface area contributed by atoms with Crippen LogP contribution in [0, 0.1) is 6.92 Å². The summed E-state index contributed by atoms with van der Waals surface area (Å²) in [5.41, 5.74) is 2.32. The van der Waals surface area contributed by atoms with Crippen molar-refractivity contribution in [3.8, 4) is 16.3 Å². The Bertz CT molecular complexity index is 1250. The summed E-state index contributed by atoms with van der Waals surface area (Å²) in [5, 5.41) is 0.727. The van der Waals surface area contributed by atoms with Gasteiger partial charge in [0.2, 0.25) is 0 Å². The average molecular weight is 533 g/mol. The van der Waals surface area contributed by atoms with E-state index in [2.05, 4.69) is 16.0 Å². The quantitative estimate of drug-likeness (QED) is 0.327. The zero-order valence-corrected chi connectivity index (χ0v) is 22.3. The normalized spacial score (nSPS) is 14.7. The summed E-state index contributed by atoms with van der Waals surface area (Å²) in [6.45, 7) is 9.89. The fourth-order valence-electron chi connectivity index (χ4n) is 4.31. The smallest absolute Gasteiger partial charge is 0.416 e. The van der Waals surface area contributed by atoms with Crippen LogP contribution in [-0.2, 0) is 35.1 Å². The van der Waals surface area contributed by atoms with Gasteiger partial charge in [-0.1, -0.05) is 18.2 Å². The Labute approximate surface area is 219 Å². The van der Waals surface area contributed by atoms with Crippen LogP contribution in [0.4, 0.5) is 13.2 Å². The topological polar surface area (TPSA) is 51.7 Å². The summed E-state index contributed by atoms with van der Waals surface area (Å²) in [6, 6.07) is 11.1. The third-order valence-electron chi connectivity index (χ3n) is 6.43. The number of alkyl halides is 3. The molecule has 0 unspecified atom stereocenters. The molecule has 3 aromatic rings. The number of fused-ring (bicyclic) bond motifs is 1. The molecule has 0 saturated heterocycles. The van der Waals surface area contributed by atoms with Gasteiger partial charge >= 0.3 is 12.1 Å². The molecule has 0 saturated carbocycles. The van der Waals surface area contributed by atoms with Gasteiger partial charge in [-0.3, -0.25) is 4.90 Å². The zero-order valence-electron chi connectivity index (χ0n) is 21.4. The highest BCUT2D eigenvalue weighted by Gasteiger charge is 2.32. The summed E-state index contributed by atoms with van der Waals surface area (Å²) in [5.74, 6) is 0.247. The maximum absolute atomic E-state index is 12.9. The largest absolute Gasteiger partial charge is 0.476 e. The molecule has 0 radical (unpaired) electrons. The van der Waals surface area contributed by atoms with Crippen LogP contribution in [0.15, 0.2) is 42.5 Å². The molecule has 0 fully saturated rings. The van der Waals surface area contributed by atoms with Gasteiger partial charge in [0.1, 0.15) is 10.8 Å². The molecule has 1 aromatic heterocycles. The number of rotatable bonds is 7. The lowest BCUT2D eigenvalue weighted by molar-refractivity contribution is -0.158. The predicted molar refractivity (Wildman–Crippen MR) is 138 cm³/mol. The van der Waals surface area contributed by atoms with Crippen molar-refractivity contribution < 1.29 is 27.4 Å². The molecule has 2 heterocycles. The van der Waals surface area contributed by atoms with Gasteiger partial charge in [0.15, 0.2) is 5.60 Å². The molecule has 0 bridgehead atoms. The molecule has 0 atom stereocenters. The fourth-order valence-corrected chi connectivity index (χ4v) is 5.42. The van der Waals surface area contributed by atoms with Crippen LogP contribution in [0.3, 0.4) is 0 Å². The number of esters is 1. The van der Waals surface area contributed by atoms with Gasteiger partial charge in [-0.15, -0.1) is 11.3 Å². The van der Waals surface area contributed by atoms with E-state index < -0.39 is 23.3 Å². The van der Waals surface area contributed by atoms with E-state index in [1.54, 1.807) is 20.8 Å². The average Bonchev–Trinajstić information content (AvgIpc) is 3.08. The standard InChI is InChI=1S/C28H31F3N2O3S/c1-5-35-26(34)27(3,4)36-23-11-8-19-12-14-33(15-13-21(19)16-23)17-24-18(2)32-25(37-24)20-6-9-22(10-7-20)28(29,30)31/h6-11,16H,5,12-15,17H2,1-4H3. The first-order valence-electron chi connectivity index (χ1n) is 12.3. The number of thiazole rings is 1. The fraction of sp³-hybridized carbons (Fsp3) is 0.429. The summed E-state index contributed by atoms with van der Waals surface area (Å²) in [7, 11) is 0. The van der Waals surface area contributed by atoms with Gasteiger partial charge in [-0.25, -0.2) is 9.78 Å². The number of carbonyl (C=O) groups excluding carboxylic acids is 1. The number of hydrogen-bond acceptors (Lipinski definition) is 6. The van der Waals surface area contributed by atoms with Crippen molar-refractivity contribution in [2.24, 2.45) is 0 Å². The Kier molecular flexibility index (Phi) is 7.94. The maximum atomic E-state index is 12.9. The van der Waals surface area contributed by atoms with Gasteiger partial charge in [0.25, 0.3) is 0 Å². The van der Waals surface area contributed by atoms with Gasteiger partial charge < -0.3 is 9.47 Å². The van der Waals surface area contributed by atoms with E-state index in [4.69, 9.17) is 9.47 Å². The molecule has 2 aromatic carbocycles. The Hall–Kier alpha value is -2.91. The lowest BCUT2D eigenvalue weighted by Gasteiger charge is -2.24. The van der Waals surface area contributed by atoms with Crippen molar-refractivity contribution in [3.05, 3.63) is 69.7 Å². The van der Waals surface area contributed by atoms with E-state index >= 15 is 0 Å². The predicted octanol–water partition coefficient (Wildman–Crippen LogP) is 6.46. The Balaban J connectivity index is 1.41. The number of nitrogens with zero attached hydrogens (tertiary/aromatic N) is 2. The first-order valence-corrected chi connectivity index (χ1v) is 13.1. The number of ether oxygens (including phenoxy) is 2. The first kappa shape index (κ1) is 27.1. The second-order valence-electron chi connectivity index (χ2n) is 9.64. The Morgan fingerprint density at radius 3 is 2.38 bits per heavy atom. The van der Waals surface area contributed by atoms with Crippen molar-refractivity contribution in [2.45, 2.75) is 58.9 Å². The monoisotopic (exact) mass is 532 g/mol. The van der Waals surface area contributed by atoms with Crippen molar-refractivity contribution in [1.29, 1.82) is 0 Å². The minimum absolute atomic E-state index is 0.302. The van der Waals surface area contributed by atoms with Crippen LogP contribution in [0.5, 0.6) is 5.75 Å². The number of aryl methyl sites for hydroxylation is 1. The SMILES string of the molecule is CCOC(=O)C(C)(C)Oc1ccc2c(c1)CCN(Cc1sc(-c3ccc(C(F)(F)F)cc3)nc1C)CC2. The van der Waals surface area contributed by atoms with Crippen LogP contribution >= 0.6 is 11.3 Å². The molecule has 9 heteroatoms. The number of aromatic nitrogens is 1. The molecule has 0 N–H and O–H groups in total. The minimum atomic E-state index is -4.35. The van der Waals surface area contributed by atoms with Gasteiger partial charge in [-0.05, 0) is 75.9 Å². The van der Waals surface area contributed by atoms with Crippen LogP contribution < -0.4 is 4.74 Å². The lowest BCUT2D eigenvalue weighted by Crippen LogP contribution is -2.39. The number of carbonyl (C=O) groups is 1. The van der Waals surface area contributed by atoms with Crippen molar-refractivity contribution >= 4 is 17.3 Å². The third-order valence-corrected chi connectivity index (χ3v) is 7.62. The van der Waals surface area contributed by atoms with Crippen LogP contribution in [-0.4, -0.2) is 41.2 Å². The van der Waals surface area contributed by atoms with Crippen LogP contribution in [0.1, 0.15) is 48.0 Å². The molecule has 0 spiro atoms. The van der Waals surface area contributed by atoms with Crippen LogP contribution in [0.25, 0.3) is 10.6 Å². The number of hydrogen-bond donors (Lipinski definition) is 0. The van der Waals surface area contributed by atoms with Gasteiger partial charge in [-0.2, -0.15) is 13.2 Å². The van der Waals surface area contributed by atoms with Gasteiger partial charge in [0, 0.05) is 30.1 Å². The van der Waals surface area contributed by atoms with Gasteiger partial charge in [0.05, 0.1) is 17.9 Å². The molecule has 198 valence electrons. The Morgan fingerprint density at radius 2 is 1.73 bits per heavy atom. The van der Waals surface area contributed by atoms with Crippen molar-refractivity contribution in [1.82, 2.24) is 9.88 Å². The molecule has 5 nitrogen and oxygen atoms in total. The second kappa shape index (κ2) is 10.8. The van der Waals surface area contributed by atoms with Crippen molar-refractivity contribution in [3.63, 3.8) is 0 Å². The molecule has 0 aliphatic carbocycles. The van der Waals surface area contributed by atoms with E-state index in [1.807, 2.05) is 19.1 Å². The molecular weight excluding hydrogens is 501 g/mol. The van der Waals surface area contributed by atoms with Crippen LogP contribution in [0.2, 0.25) is 0 Å². The molecular formula is C28H31F3N2O3S. The molecule has 37 heavy (non-hydrogen) atoms. The molecule has 1 aliphatic rings. The van der Waals surface area contributed by atoms with Crippen molar-refractivity contribution in [2.75, 3.05) is 19.7 Å². The summed E-state index contributed by atoms with van der Waals surface area (Å²) >= 11 is 1.53. The summed E-state index contributed by atoms with van der Waals surface area (Å²) < 4.78 is 49.8. The van der Waals surface area contributed by atoms with E-state index in [9.17, 15) is 18.0 Å². The summed E-state index contributed by atoms with van der Waals surface area (Å²) in [4.78, 5) is 20.3. The second-order valence-corrected chi connectivity index (χ2v) is 10.7. The Morgan fingerprint density at radius 1 is 1.05 bits per heavy atom. The van der Waals surface area contributed by atoms with E-state index in [1.165, 1.54) is 34.6 Å². The van der Waals surface area contributed by atoms with E-state index in [-0.39, 0.29) is 0 Å². The summed E-state index contributed by atoms with van der Waals surface area (Å²) in [6.07, 6.45) is -2.62. The highest BCUT2D eigenvalue weighted by molar-refractivity contribution is 7.15. The van der Waals surface area contributed by atoms with E-state index in [0.29, 0.717) is 17.9 Å².